The molecular weight excluding hydrogens is 352 g/mol. The van der Waals surface area contributed by atoms with Crippen LogP contribution in [0.5, 0.6) is 0 Å². The maximum atomic E-state index is 11.8. The van der Waals surface area contributed by atoms with Crippen molar-refractivity contribution in [3.63, 3.8) is 0 Å². The molecule has 0 aliphatic carbocycles. The van der Waals surface area contributed by atoms with E-state index >= 15 is 0 Å². The molecule has 0 N–H and O–H groups in total. The highest BCUT2D eigenvalue weighted by atomic mass is 16.5. The lowest BCUT2D eigenvalue weighted by molar-refractivity contribution is -0.150. The summed E-state index contributed by atoms with van der Waals surface area (Å²) in [4.78, 5) is 23.5. The highest BCUT2D eigenvalue weighted by molar-refractivity contribution is 5.70. The number of carbonyl (C=O) groups excluding carboxylic acids is 2. The Morgan fingerprint density at radius 3 is 1.71 bits per heavy atom. The van der Waals surface area contributed by atoms with Gasteiger partial charge in [-0.1, -0.05) is 85.0 Å². The minimum atomic E-state index is -0.140. The Kier molecular flexibility index (Phi) is 19.9. The summed E-state index contributed by atoms with van der Waals surface area (Å²) in [5.41, 5.74) is 0. The summed E-state index contributed by atoms with van der Waals surface area (Å²) in [6.45, 7) is 6.92. The molecule has 0 aromatic heterocycles. The SMILES string of the molecule is CCCCCCCCCCCCOC(=O)CCCCC(=O)OC(CC)CCC. The minimum absolute atomic E-state index is 0.0449. The van der Waals surface area contributed by atoms with E-state index in [0.717, 1.165) is 32.1 Å². The molecule has 0 amide bonds. The van der Waals surface area contributed by atoms with Gasteiger partial charge < -0.3 is 9.47 Å². The van der Waals surface area contributed by atoms with Gasteiger partial charge in [-0.3, -0.25) is 9.59 Å². The van der Waals surface area contributed by atoms with E-state index in [0.29, 0.717) is 32.3 Å². The van der Waals surface area contributed by atoms with Crippen molar-refractivity contribution in [2.24, 2.45) is 0 Å². The molecular formula is C24H46O4. The van der Waals surface area contributed by atoms with Crippen LogP contribution in [0.15, 0.2) is 0 Å². The molecule has 0 aromatic carbocycles. The normalized spacial score (nSPS) is 12.0. The fourth-order valence-electron chi connectivity index (χ4n) is 3.30. The summed E-state index contributed by atoms with van der Waals surface area (Å²) in [7, 11) is 0. The number of hydrogen-bond acceptors (Lipinski definition) is 4. The van der Waals surface area contributed by atoms with Crippen molar-refractivity contribution in [1.29, 1.82) is 0 Å². The molecule has 0 aromatic rings. The molecule has 4 heteroatoms. The molecule has 166 valence electrons. The third-order valence-electron chi connectivity index (χ3n) is 5.14. The number of esters is 2. The zero-order valence-corrected chi connectivity index (χ0v) is 18.9. The fraction of sp³-hybridized carbons (Fsp3) is 0.917. The third-order valence-corrected chi connectivity index (χ3v) is 5.14. The van der Waals surface area contributed by atoms with Crippen LogP contribution in [0.1, 0.15) is 130 Å². The summed E-state index contributed by atoms with van der Waals surface area (Å²) in [6.07, 6.45) is 17.8. The van der Waals surface area contributed by atoms with Crippen molar-refractivity contribution in [3.8, 4) is 0 Å². The number of rotatable bonds is 20. The summed E-state index contributed by atoms with van der Waals surface area (Å²) in [5.74, 6) is -0.277. The van der Waals surface area contributed by atoms with Gasteiger partial charge in [-0.2, -0.15) is 0 Å². The number of unbranched alkanes of at least 4 members (excludes halogenated alkanes) is 10. The Morgan fingerprint density at radius 2 is 1.18 bits per heavy atom. The predicted molar refractivity (Wildman–Crippen MR) is 116 cm³/mol. The molecule has 0 spiro atoms. The molecule has 1 unspecified atom stereocenters. The second kappa shape index (κ2) is 20.7. The van der Waals surface area contributed by atoms with Crippen LogP contribution in [-0.4, -0.2) is 24.6 Å². The first-order valence-corrected chi connectivity index (χ1v) is 12.0. The molecule has 0 aliphatic heterocycles. The van der Waals surface area contributed by atoms with E-state index in [4.69, 9.17) is 9.47 Å². The molecule has 0 bridgehead atoms. The first kappa shape index (κ1) is 26.9. The Balaban J connectivity index is 3.41. The maximum Gasteiger partial charge on any atom is 0.306 e. The van der Waals surface area contributed by atoms with Gasteiger partial charge in [0.1, 0.15) is 6.10 Å². The van der Waals surface area contributed by atoms with Gasteiger partial charge in [-0.25, -0.2) is 0 Å². The first-order chi connectivity index (χ1) is 13.6. The van der Waals surface area contributed by atoms with Crippen molar-refractivity contribution in [3.05, 3.63) is 0 Å². The van der Waals surface area contributed by atoms with Gasteiger partial charge >= 0.3 is 11.9 Å². The second-order valence-electron chi connectivity index (χ2n) is 7.92. The quantitative estimate of drug-likeness (QED) is 0.162. The molecule has 0 saturated carbocycles. The van der Waals surface area contributed by atoms with E-state index in [2.05, 4.69) is 13.8 Å². The summed E-state index contributed by atoms with van der Waals surface area (Å²) in [6, 6.07) is 0. The molecule has 0 radical (unpaired) electrons. The monoisotopic (exact) mass is 398 g/mol. The van der Waals surface area contributed by atoms with Gasteiger partial charge in [0.15, 0.2) is 0 Å². The summed E-state index contributed by atoms with van der Waals surface area (Å²) < 4.78 is 10.7. The van der Waals surface area contributed by atoms with Crippen LogP contribution in [-0.2, 0) is 19.1 Å². The number of carbonyl (C=O) groups is 2. The average molecular weight is 399 g/mol. The van der Waals surface area contributed by atoms with Crippen molar-refractivity contribution >= 4 is 11.9 Å². The topological polar surface area (TPSA) is 52.6 Å². The highest BCUT2D eigenvalue weighted by Crippen LogP contribution is 2.12. The van der Waals surface area contributed by atoms with Crippen LogP contribution in [0.25, 0.3) is 0 Å². The van der Waals surface area contributed by atoms with Crippen molar-refractivity contribution in [2.75, 3.05) is 6.61 Å². The number of hydrogen-bond donors (Lipinski definition) is 0. The fourth-order valence-corrected chi connectivity index (χ4v) is 3.30. The van der Waals surface area contributed by atoms with Gasteiger partial charge in [0.05, 0.1) is 6.61 Å². The Hall–Kier alpha value is -1.06. The zero-order chi connectivity index (χ0) is 20.9. The zero-order valence-electron chi connectivity index (χ0n) is 18.9. The van der Waals surface area contributed by atoms with Crippen molar-refractivity contribution in [1.82, 2.24) is 0 Å². The van der Waals surface area contributed by atoms with Crippen LogP contribution >= 0.6 is 0 Å². The lowest BCUT2D eigenvalue weighted by Gasteiger charge is -2.15. The molecule has 0 saturated heterocycles. The minimum Gasteiger partial charge on any atom is -0.466 e. The van der Waals surface area contributed by atoms with Crippen molar-refractivity contribution in [2.45, 2.75) is 136 Å². The molecule has 4 nitrogen and oxygen atoms in total. The standard InChI is InChI=1S/C24H46O4/c1-4-7-8-9-10-11-12-13-14-17-21-27-23(25)19-15-16-20-24(26)28-22(6-3)18-5-2/h22H,4-21H2,1-3H3. The molecule has 0 fully saturated rings. The van der Waals surface area contributed by atoms with Crippen LogP contribution in [0.4, 0.5) is 0 Å². The van der Waals surface area contributed by atoms with Crippen molar-refractivity contribution < 1.29 is 19.1 Å². The lowest BCUT2D eigenvalue weighted by atomic mass is 10.1. The maximum absolute atomic E-state index is 11.8. The van der Waals surface area contributed by atoms with E-state index < -0.39 is 0 Å². The second-order valence-corrected chi connectivity index (χ2v) is 7.92. The molecule has 0 aliphatic rings. The lowest BCUT2D eigenvalue weighted by Crippen LogP contribution is -2.17. The average Bonchev–Trinajstić information content (AvgIpc) is 2.69. The molecule has 0 heterocycles. The Morgan fingerprint density at radius 1 is 0.643 bits per heavy atom. The van der Waals surface area contributed by atoms with Gasteiger partial charge in [-0.15, -0.1) is 0 Å². The summed E-state index contributed by atoms with van der Waals surface area (Å²) in [5, 5.41) is 0. The predicted octanol–water partition coefficient (Wildman–Crippen LogP) is 7.13. The first-order valence-electron chi connectivity index (χ1n) is 12.0. The van der Waals surface area contributed by atoms with Gasteiger partial charge in [0, 0.05) is 12.8 Å². The molecule has 0 rings (SSSR count). The van der Waals surface area contributed by atoms with Crippen LogP contribution in [0, 0.1) is 0 Å². The third kappa shape index (κ3) is 18.3. The molecule has 1 atom stereocenters. The Labute approximate surface area is 174 Å². The van der Waals surface area contributed by atoms with E-state index in [1.165, 1.54) is 51.4 Å². The van der Waals surface area contributed by atoms with Crippen LogP contribution < -0.4 is 0 Å². The molecule has 28 heavy (non-hydrogen) atoms. The van der Waals surface area contributed by atoms with Gasteiger partial charge in [0.2, 0.25) is 0 Å². The van der Waals surface area contributed by atoms with Gasteiger partial charge in [-0.05, 0) is 32.1 Å². The Bertz CT molecular complexity index is 368. The smallest absolute Gasteiger partial charge is 0.306 e. The highest BCUT2D eigenvalue weighted by Gasteiger charge is 2.11. The van der Waals surface area contributed by atoms with E-state index in [1.54, 1.807) is 0 Å². The van der Waals surface area contributed by atoms with Crippen LogP contribution in [0.3, 0.4) is 0 Å². The van der Waals surface area contributed by atoms with E-state index in [9.17, 15) is 9.59 Å². The van der Waals surface area contributed by atoms with E-state index in [-0.39, 0.29) is 18.0 Å². The summed E-state index contributed by atoms with van der Waals surface area (Å²) >= 11 is 0. The van der Waals surface area contributed by atoms with E-state index in [1.807, 2.05) is 6.92 Å². The number of ether oxygens (including phenoxy) is 2. The van der Waals surface area contributed by atoms with Crippen LogP contribution in [0.2, 0.25) is 0 Å². The largest absolute Gasteiger partial charge is 0.466 e. The van der Waals surface area contributed by atoms with Gasteiger partial charge in [0.25, 0.3) is 0 Å².